The van der Waals surface area contributed by atoms with E-state index in [1.165, 1.54) is 0 Å². The van der Waals surface area contributed by atoms with Crippen LogP contribution in [0.15, 0.2) is 41.3 Å². The molecule has 162 valence electrons. The summed E-state index contributed by atoms with van der Waals surface area (Å²) >= 11 is 6.19. The first-order valence-corrected chi connectivity index (χ1v) is 9.86. The van der Waals surface area contributed by atoms with E-state index < -0.39 is 0 Å². The van der Waals surface area contributed by atoms with Crippen molar-refractivity contribution >= 4 is 40.1 Å². The van der Waals surface area contributed by atoms with E-state index in [4.69, 9.17) is 34.1 Å². The fourth-order valence-corrected chi connectivity index (χ4v) is 3.31. The van der Waals surface area contributed by atoms with Crippen LogP contribution in [0.5, 0.6) is 0 Å². The van der Waals surface area contributed by atoms with Gasteiger partial charge >= 0.3 is 0 Å². The summed E-state index contributed by atoms with van der Waals surface area (Å²) in [4.78, 5) is 28.8. The molecule has 11 heteroatoms. The lowest BCUT2D eigenvalue weighted by atomic mass is 10.2. The third-order valence-electron chi connectivity index (χ3n) is 4.55. The Morgan fingerprint density at radius 3 is 2.38 bits per heavy atom. The number of anilines is 3. The fourth-order valence-electron chi connectivity index (χ4n) is 3.06. The molecular formula is C21H20ClN9O. The zero-order chi connectivity index (χ0) is 23.4. The topological polar surface area (TPSA) is 175 Å². The van der Waals surface area contributed by atoms with Gasteiger partial charge in [-0.25, -0.2) is 4.98 Å². The maximum atomic E-state index is 12.9. The smallest absolute Gasteiger partial charge is 0.267 e. The molecule has 0 aliphatic heterocycles. The minimum absolute atomic E-state index is 0.0116. The van der Waals surface area contributed by atoms with E-state index >= 15 is 0 Å². The number of nitrogens with two attached hydrogens (primary N) is 3. The molecule has 0 fully saturated rings. The molecule has 3 aromatic heterocycles. The molecule has 0 aliphatic carbocycles. The number of nitriles is 1. The van der Waals surface area contributed by atoms with Crippen LogP contribution >= 0.6 is 11.6 Å². The zero-order valence-electron chi connectivity index (χ0n) is 17.4. The normalized spacial score (nSPS) is 10.3. The highest BCUT2D eigenvalue weighted by atomic mass is 35.5. The van der Waals surface area contributed by atoms with Crippen LogP contribution in [0.2, 0.25) is 5.02 Å². The number of hydrogen-bond donors (Lipinski definition) is 3. The minimum Gasteiger partial charge on any atom is -0.382 e. The molecule has 0 unspecified atom stereocenters. The van der Waals surface area contributed by atoms with Gasteiger partial charge in [0.1, 0.15) is 29.1 Å². The number of rotatable bonds is 2. The van der Waals surface area contributed by atoms with Crippen LogP contribution in [0.1, 0.15) is 24.0 Å². The van der Waals surface area contributed by atoms with Crippen molar-refractivity contribution in [3.8, 4) is 11.8 Å². The summed E-state index contributed by atoms with van der Waals surface area (Å²) in [6.45, 7) is 3.85. The molecule has 32 heavy (non-hydrogen) atoms. The number of aryl methyl sites for hydroxylation is 2. The van der Waals surface area contributed by atoms with E-state index in [-0.39, 0.29) is 28.7 Å². The molecule has 0 saturated heterocycles. The van der Waals surface area contributed by atoms with Crippen molar-refractivity contribution in [1.82, 2.24) is 24.5 Å². The molecule has 0 saturated carbocycles. The van der Waals surface area contributed by atoms with Gasteiger partial charge in [0, 0.05) is 12.6 Å². The monoisotopic (exact) mass is 449 g/mol. The molecule has 4 aromatic rings. The highest BCUT2D eigenvalue weighted by molar-refractivity contribution is 6.35. The van der Waals surface area contributed by atoms with E-state index in [0.29, 0.717) is 28.2 Å². The van der Waals surface area contributed by atoms with Crippen molar-refractivity contribution < 1.29 is 0 Å². The molecule has 10 nitrogen and oxygen atoms in total. The predicted molar refractivity (Wildman–Crippen MR) is 124 cm³/mol. The van der Waals surface area contributed by atoms with Gasteiger partial charge < -0.3 is 17.2 Å². The molecular weight excluding hydrogens is 430 g/mol. The summed E-state index contributed by atoms with van der Waals surface area (Å²) in [5, 5.41) is 9.32. The van der Waals surface area contributed by atoms with Crippen LogP contribution < -0.4 is 22.8 Å². The molecule has 0 bridgehead atoms. The van der Waals surface area contributed by atoms with Crippen LogP contribution in [-0.2, 0) is 6.42 Å². The van der Waals surface area contributed by atoms with E-state index in [1.54, 1.807) is 29.0 Å². The third kappa shape index (κ3) is 4.28. The molecule has 6 N–H and O–H groups in total. The number of nitrogen functional groups attached to an aromatic ring is 3. The highest BCUT2D eigenvalue weighted by Gasteiger charge is 2.15. The van der Waals surface area contributed by atoms with Gasteiger partial charge in [0.05, 0.1) is 27.3 Å². The maximum Gasteiger partial charge on any atom is 0.267 e. The highest BCUT2D eigenvalue weighted by Crippen LogP contribution is 2.21. The number of pyridine rings is 1. The van der Waals surface area contributed by atoms with Gasteiger partial charge in [0.25, 0.3) is 5.56 Å². The zero-order valence-corrected chi connectivity index (χ0v) is 18.1. The average molecular weight is 450 g/mol. The quantitative estimate of drug-likeness (QED) is 0.414. The molecule has 0 amide bonds. The lowest BCUT2D eigenvalue weighted by molar-refractivity contribution is 0.822. The molecule has 0 atom stereocenters. The summed E-state index contributed by atoms with van der Waals surface area (Å²) < 4.78 is 1.61. The van der Waals surface area contributed by atoms with Crippen LogP contribution in [0.3, 0.4) is 0 Å². The van der Waals surface area contributed by atoms with Crippen molar-refractivity contribution in [3.63, 3.8) is 0 Å². The molecule has 4 rings (SSSR count). The first kappa shape index (κ1) is 22.5. The Labute approximate surface area is 188 Å². The Balaban J connectivity index is 0.000000222. The lowest BCUT2D eigenvalue weighted by Gasteiger charge is -2.14. The van der Waals surface area contributed by atoms with E-state index in [0.717, 1.165) is 11.4 Å². The fraction of sp³-hybridized carbons (Fsp3) is 0.143. The van der Waals surface area contributed by atoms with Crippen LogP contribution in [0, 0.1) is 18.3 Å². The number of halogens is 1. The molecule has 3 heterocycles. The Hall–Kier alpha value is -4.23. The number of benzene rings is 1. The second kappa shape index (κ2) is 9.28. The summed E-state index contributed by atoms with van der Waals surface area (Å²) in [5.74, 6) is 0.694. The van der Waals surface area contributed by atoms with Gasteiger partial charge in [-0.1, -0.05) is 24.6 Å². The van der Waals surface area contributed by atoms with E-state index in [2.05, 4.69) is 19.9 Å². The number of hydrogen-bond acceptors (Lipinski definition) is 9. The largest absolute Gasteiger partial charge is 0.382 e. The van der Waals surface area contributed by atoms with Gasteiger partial charge in [0.2, 0.25) is 5.95 Å². The Morgan fingerprint density at radius 2 is 1.78 bits per heavy atom. The first-order chi connectivity index (χ1) is 15.3. The van der Waals surface area contributed by atoms with Gasteiger partial charge in [-0.15, -0.1) is 0 Å². The summed E-state index contributed by atoms with van der Waals surface area (Å²) in [7, 11) is 0. The first-order valence-electron chi connectivity index (χ1n) is 9.49. The lowest BCUT2D eigenvalue weighted by Crippen LogP contribution is -2.24. The number of nitrogens with zero attached hydrogens (tertiary/aromatic N) is 6. The van der Waals surface area contributed by atoms with Gasteiger partial charge in [0.15, 0.2) is 0 Å². The van der Waals surface area contributed by atoms with Crippen LogP contribution in [0.4, 0.5) is 17.6 Å². The predicted octanol–water partition coefficient (Wildman–Crippen LogP) is 2.40. The van der Waals surface area contributed by atoms with Gasteiger partial charge in [-0.3, -0.25) is 14.3 Å². The van der Waals surface area contributed by atoms with Gasteiger partial charge in [-0.2, -0.15) is 15.2 Å². The maximum absolute atomic E-state index is 12.9. The second-order valence-electron chi connectivity index (χ2n) is 6.60. The molecule has 0 aliphatic rings. The molecule has 0 radical (unpaired) electrons. The Kier molecular flexibility index (Phi) is 6.51. The molecule has 0 spiro atoms. The molecule has 1 aromatic carbocycles. The third-order valence-corrected chi connectivity index (χ3v) is 4.86. The van der Waals surface area contributed by atoms with Gasteiger partial charge in [-0.05, 0) is 31.2 Å². The van der Waals surface area contributed by atoms with E-state index in [9.17, 15) is 4.79 Å². The Morgan fingerprint density at radius 1 is 1.09 bits per heavy atom. The number of aromatic nitrogens is 5. The standard InChI is InChI=1S/C16H14ClN3O.C5H6N6/c1-3-14-19-12-7-4-6-11(17)15(12)16(21)20(14)13-8-5-9-18-10(13)2;6-1-2-3(7)10-5(9)11-4(2)8/h4-9H,3H2,1-2H3;(H6,7,8,9,10,11). The van der Waals surface area contributed by atoms with Crippen molar-refractivity contribution in [2.75, 3.05) is 17.2 Å². The van der Waals surface area contributed by atoms with Crippen molar-refractivity contribution in [3.05, 3.63) is 69.0 Å². The van der Waals surface area contributed by atoms with Crippen LogP contribution in [0.25, 0.3) is 16.6 Å². The van der Waals surface area contributed by atoms with Crippen LogP contribution in [-0.4, -0.2) is 24.5 Å². The minimum atomic E-state index is -0.154. The van der Waals surface area contributed by atoms with Crippen molar-refractivity contribution in [2.45, 2.75) is 20.3 Å². The average Bonchev–Trinajstić information content (AvgIpc) is 2.74. The number of fused-ring (bicyclic) bond motifs is 1. The SMILES string of the molecule is CCc1nc2cccc(Cl)c2c(=O)n1-c1cccnc1C.N#Cc1c(N)nc(N)nc1N. The Bertz CT molecular complexity index is 1390. The summed E-state index contributed by atoms with van der Waals surface area (Å²) in [6, 6.07) is 10.8. The summed E-state index contributed by atoms with van der Waals surface area (Å²) in [6.07, 6.45) is 2.35. The summed E-state index contributed by atoms with van der Waals surface area (Å²) in [5.41, 5.74) is 17.9. The van der Waals surface area contributed by atoms with Crippen molar-refractivity contribution in [1.29, 1.82) is 5.26 Å². The second-order valence-corrected chi connectivity index (χ2v) is 7.01. The van der Waals surface area contributed by atoms with Crippen molar-refractivity contribution in [2.24, 2.45) is 0 Å². The van der Waals surface area contributed by atoms with E-state index in [1.807, 2.05) is 32.0 Å².